The first-order valence-electron chi connectivity index (χ1n) is 13.1. The summed E-state index contributed by atoms with van der Waals surface area (Å²) in [5, 5.41) is 8.32. The predicted octanol–water partition coefficient (Wildman–Crippen LogP) is 8.55. The molecule has 0 spiro atoms. The molecular formula is C26H50Cl2O2Si5Zr. The molecule has 0 bridgehead atoms. The van der Waals surface area contributed by atoms with Crippen molar-refractivity contribution < 1.29 is 35.1 Å². The van der Waals surface area contributed by atoms with Gasteiger partial charge < -0.3 is 8.85 Å². The van der Waals surface area contributed by atoms with Gasteiger partial charge >= 0.3 is 0 Å². The van der Waals surface area contributed by atoms with E-state index >= 15 is 0 Å². The van der Waals surface area contributed by atoms with Crippen molar-refractivity contribution in [2.24, 2.45) is 0 Å². The summed E-state index contributed by atoms with van der Waals surface area (Å²) >= 11 is 14.1. The molecule has 2 aliphatic rings. The molecule has 0 radical (unpaired) electrons. The van der Waals surface area contributed by atoms with Crippen LogP contribution in [0.25, 0.3) is 0 Å². The van der Waals surface area contributed by atoms with Crippen LogP contribution in [0, 0.1) is 0 Å². The normalized spacial score (nSPS) is 20.3. The molecule has 0 aromatic heterocycles. The van der Waals surface area contributed by atoms with Crippen LogP contribution in [0.2, 0.25) is 65.5 Å². The number of rotatable bonds is 10. The zero-order valence-corrected chi connectivity index (χ0v) is 34.7. The fourth-order valence-electron chi connectivity index (χ4n) is 5.50. The van der Waals surface area contributed by atoms with Gasteiger partial charge in [-0.25, -0.2) is 0 Å². The van der Waals surface area contributed by atoms with Crippen molar-refractivity contribution in [2.45, 2.75) is 117 Å². The van der Waals surface area contributed by atoms with Crippen LogP contribution in [0.3, 0.4) is 0 Å². The molecule has 2 aliphatic carbocycles. The van der Waals surface area contributed by atoms with Crippen molar-refractivity contribution in [1.82, 2.24) is 0 Å². The van der Waals surface area contributed by atoms with E-state index in [4.69, 9.17) is 32.1 Å². The Morgan fingerprint density at radius 1 is 0.639 bits per heavy atom. The third-order valence-electron chi connectivity index (χ3n) is 7.75. The topological polar surface area (TPSA) is 18.5 Å². The van der Waals surface area contributed by atoms with Crippen LogP contribution >= 0.6 is 23.2 Å². The summed E-state index contributed by atoms with van der Waals surface area (Å²) in [4.78, 5) is 0. The molecule has 0 aliphatic heterocycles. The van der Waals surface area contributed by atoms with E-state index in [-0.39, 0.29) is 37.7 Å². The fraction of sp³-hybridized carbons (Fsp3) is 0.692. The van der Waals surface area contributed by atoms with Crippen LogP contribution in [0.4, 0.5) is 0 Å². The monoisotopic (exact) mass is 694 g/mol. The van der Waals surface area contributed by atoms with Crippen LogP contribution in [0.5, 0.6) is 0 Å². The maximum absolute atomic E-state index is 7.06. The zero-order chi connectivity index (χ0) is 27.3. The van der Waals surface area contributed by atoms with Gasteiger partial charge in [0.05, 0.1) is 9.52 Å². The van der Waals surface area contributed by atoms with Gasteiger partial charge in [-0.2, -0.15) is 0 Å². The smallest absolute Gasteiger partial charge is 0.183 e. The molecule has 0 aromatic rings. The average Bonchev–Trinajstić information content (AvgIpc) is 3.07. The average molecular weight is 697 g/mol. The molecule has 10 heteroatoms. The molecule has 0 saturated carbocycles. The first kappa shape index (κ1) is 35.5. The van der Waals surface area contributed by atoms with E-state index in [1.54, 1.807) is 10.4 Å². The summed E-state index contributed by atoms with van der Waals surface area (Å²) < 4.78 is 13.3. The molecule has 2 atom stereocenters. The number of hydrogen-bond acceptors (Lipinski definition) is 2. The van der Waals surface area contributed by atoms with E-state index in [1.807, 2.05) is 0 Å². The standard InChI is InChI=1S/C26H50Cl2O2Si5.Zr/c1-17-15-21(27)25(34(11,12)19(3)29-32(5,6)7)23(17)31-24-18(2)16-22(28)26(24)35(13,14)20(4)30-33(8,9)10;/h19-20H,15-16,31H2,1-14H3;. The second kappa shape index (κ2) is 12.5. The SMILES string of the molecule is CC1=C([SiH2]C2=C(C)CC(Cl)=C2[Si](C)(C)C(C)O[Si](C)(C)C)C([Si](C)(C)C(C)O[Si](C)(C)C)=C(Cl)C1.[Zr]. The van der Waals surface area contributed by atoms with E-state index in [0.717, 1.165) is 22.9 Å². The molecule has 2 unspecified atom stereocenters. The van der Waals surface area contributed by atoms with Gasteiger partial charge in [-0.1, -0.05) is 70.9 Å². The summed E-state index contributed by atoms with van der Waals surface area (Å²) in [6.07, 6.45) is 1.81. The van der Waals surface area contributed by atoms with Crippen molar-refractivity contribution in [1.29, 1.82) is 0 Å². The van der Waals surface area contributed by atoms with Crippen LogP contribution in [0.1, 0.15) is 40.5 Å². The van der Waals surface area contributed by atoms with E-state index < -0.39 is 42.3 Å². The Kier molecular flexibility index (Phi) is 12.3. The van der Waals surface area contributed by atoms with Crippen molar-refractivity contribution in [3.05, 3.63) is 42.0 Å². The largest absolute Gasteiger partial charge is 0.418 e. The molecule has 0 heterocycles. The summed E-state index contributed by atoms with van der Waals surface area (Å²) in [5.74, 6) is 0. The van der Waals surface area contributed by atoms with E-state index in [0.29, 0.717) is 0 Å². The molecule has 0 amide bonds. The molecule has 2 nitrogen and oxygen atoms in total. The van der Waals surface area contributed by atoms with Crippen molar-refractivity contribution in [3.63, 3.8) is 0 Å². The molecular weight excluding hydrogens is 647 g/mol. The van der Waals surface area contributed by atoms with Crippen LogP contribution in [0.15, 0.2) is 42.0 Å². The molecule has 2 rings (SSSR count). The first-order chi connectivity index (χ1) is 15.6. The van der Waals surface area contributed by atoms with Gasteiger partial charge in [0, 0.05) is 60.6 Å². The Labute approximate surface area is 258 Å². The summed E-state index contributed by atoms with van der Waals surface area (Å²) in [5.41, 5.74) is 3.46. The van der Waals surface area contributed by atoms with Gasteiger partial charge in [0.15, 0.2) is 16.6 Å². The van der Waals surface area contributed by atoms with Gasteiger partial charge in [0.25, 0.3) is 0 Å². The zero-order valence-electron chi connectivity index (χ0n) is 25.3. The molecule has 0 N–H and O–H groups in total. The molecule has 0 saturated heterocycles. The Balaban J connectivity index is 0.00000648. The van der Waals surface area contributed by atoms with Crippen LogP contribution in [-0.2, 0) is 35.1 Å². The van der Waals surface area contributed by atoms with Crippen molar-refractivity contribution in [2.75, 3.05) is 0 Å². The Hall–Kier alpha value is 1.43. The van der Waals surface area contributed by atoms with E-state index in [9.17, 15) is 0 Å². The van der Waals surface area contributed by atoms with Crippen molar-refractivity contribution in [3.8, 4) is 0 Å². The first-order valence-corrected chi connectivity index (χ1v) is 28.3. The number of hydrogen-bond donors (Lipinski definition) is 0. The molecule has 0 aromatic carbocycles. The van der Waals surface area contributed by atoms with Gasteiger partial charge in [0.1, 0.15) is 16.1 Å². The minimum absolute atomic E-state index is 0. The van der Waals surface area contributed by atoms with Crippen molar-refractivity contribution >= 4 is 65.5 Å². The fourth-order valence-corrected chi connectivity index (χ4v) is 24.0. The summed E-state index contributed by atoms with van der Waals surface area (Å²) in [6.45, 7) is 32.8. The molecule has 36 heavy (non-hydrogen) atoms. The maximum Gasteiger partial charge on any atom is 0.183 e. The number of halogens is 2. The quantitative estimate of drug-likeness (QED) is 0.213. The summed E-state index contributed by atoms with van der Waals surface area (Å²) in [7, 11) is -7.88. The van der Waals surface area contributed by atoms with Crippen LogP contribution < -0.4 is 0 Å². The second-order valence-electron chi connectivity index (χ2n) is 13.8. The maximum atomic E-state index is 7.06. The second-order valence-corrected chi connectivity index (χ2v) is 34.9. The molecule has 0 fully saturated rings. The van der Waals surface area contributed by atoms with E-state index in [1.165, 1.54) is 21.5 Å². The molecule has 204 valence electrons. The van der Waals surface area contributed by atoms with Gasteiger partial charge in [0.2, 0.25) is 0 Å². The van der Waals surface area contributed by atoms with Gasteiger partial charge in [-0.3, -0.25) is 0 Å². The minimum Gasteiger partial charge on any atom is -0.418 e. The third kappa shape index (κ3) is 8.23. The minimum atomic E-state index is -1.93. The summed E-state index contributed by atoms with van der Waals surface area (Å²) in [6, 6.07) is 0. The van der Waals surface area contributed by atoms with E-state index in [2.05, 4.69) is 93.2 Å². The third-order valence-corrected chi connectivity index (χ3v) is 22.7. The van der Waals surface area contributed by atoms with Crippen LogP contribution in [-0.4, -0.2) is 53.8 Å². The Morgan fingerprint density at radius 2 is 0.917 bits per heavy atom. The van der Waals surface area contributed by atoms with Gasteiger partial charge in [-0.15, -0.1) is 0 Å². The Morgan fingerprint density at radius 3 is 1.17 bits per heavy atom. The number of allylic oxidation sites excluding steroid dienone is 8. The Bertz CT molecular complexity index is 907. The predicted molar refractivity (Wildman–Crippen MR) is 172 cm³/mol. The van der Waals surface area contributed by atoms with Gasteiger partial charge in [-0.05, 0) is 77.4 Å².